The zero-order valence-electron chi connectivity index (χ0n) is 9.91. The lowest BCUT2D eigenvalue weighted by molar-refractivity contribution is -0.166. The van der Waals surface area contributed by atoms with Crippen molar-refractivity contribution in [1.29, 1.82) is 0 Å². The Hall–Kier alpha value is -0.0400. The molecule has 0 radical (unpaired) electrons. The third-order valence-electron chi connectivity index (χ3n) is 5.78. The van der Waals surface area contributed by atoms with Gasteiger partial charge >= 0.3 is 0 Å². The Kier molecular flexibility index (Phi) is 2.35. The van der Waals surface area contributed by atoms with Crippen LogP contribution in [0, 0.1) is 23.7 Å². The molecule has 0 aromatic carbocycles. The van der Waals surface area contributed by atoms with Crippen LogP contribution in [0.3, 0.4) is 0 Å². The van der Waals surface area contributed by atoms with E-state index in [-0.39, 0.29) is 5.60 Å². The van der Waals surface area contributed by atoms with Gasteiger partial charge in [-0.3, -0.25) is 0 Å². The molecule has 3 fully saturated rings. The van der Waals surface area contributed by atoms with Crippen molar-refractivity contribution in [3.63, 3.8) is 0 Å². The molecule has 0 unspecified atom stereocenters. The Morgan fingerprint density at radius 1 is 1.07 bits per heavy atom. The van der Waals surface area contributed by atoms with Gasteiger partial charge in [-0.2, -0.15) is 0 Å². The third kappa shape index (κ3) is 1.39. The van der Waals surface area contributed by atoms with Crippen LogP contribution in [0.2, 0.25) is 0 Å². The van der Waals surface area contributed by atoms with Crippen LogP contribution in [0.5, 0.6) is 0 Å². The molecule has 3 rings (SSSR count). The van der Waals surface area contributed by atoms with E-state index in [4.69, 9.17) is 0 Å². The Labute approximate surface area is 93.3 Å². The first-order valence-electron chi connectivity index (χ1n) is 6.94. The van der Waals surface area contributed by atoms with Crippen LogP contribution in [0.1, 0.15) is 58.3 Å². The lowest BCUT2D eigenvalue weighted by Gasteiger charge is -2.56. The van der Waals surface area contributed by atoms with Crippen molar-refractivity contribution in [3.05, 3.63) is 0 Å². The zero-order chi connectivity index (χ0) is 10.5. The van der Waals surface area contributed by atoms with Gasteiger partial charge in [0, 0.05) is 0 Å². The van der Waals surface area contributed by atoms with E-state index in [9.17, 15) is 5.11 Å². The fourth-order valence-electron chi connectivity index (χ4n) is 4.92. The number of hydrogen-bond acceptors (Lipinski definition) is 1. The fraction of sp³-hybridized carbons (Fsp3) is 1.00. The molecule has 0 aromatic heterocycles. The molecule has 0 aliphatic heterocycles. The summed E-state index contributed by atoms with van der Waals surface area (Å²) in [4.78, 5) is 0. The second-order valence-corrected chi connectivity index (χ2v) is 6.33. The second kappa shape index (κ2) is 3.48. The molecule has 3 saturated carbocycles. The number of rotatable bonds is 0. The van der Waals surface area contributed by atoms with E-state index in [1.807, 2.05) is 0 Å². The molecule has 5 atom stereocenters. The van der Waals surface area contributed by atoms with Gasteiger partial charge in [0.05, 0.1) is 5.60 Å². The Morgan fingerprint density at radius 2 is 1.93 bits per heavy atom. The fourth-order valence-corrected chi connectivity index (χ4v) is 4.92. The van der Waals surface area contributed by atoms with Crippen LogP contribution in [-0.2, 0) is 0 Å². The molecule has 1 heteroatoms. The van der Waals surface area contributed by atoms with Crippen molar-refractivity contribution in [3.8, 4) is 0 Å². The molecule has 1 nitrogen and oxygen atoms in total. The molecule has 0 aromatic rings. The second-order valence-electron chi connectivity index (χ2n) is 6.33. The summed E-state index contributed by atoms with van der Waals surface area (Å²) in [6.45, 7) is 2.41. The van der Waals surface area contributed by atoms with Gasteiger partial charge in [-0.25, -0.2) is 0 Å². The molecule has 0 amide bonds. The van der Waals surface area contributed by atoms with E-state index in [0.717, 1.165) is 18.3 Å². The van der Waals surface area contributed by atoms with Gasteiger partial charge in [0.1, 0.15) is 0 Å². The molecule has 1 N–H and O–H groups in total. The standard InChI is InChI=1S/C14H24O/c1-10-11-5-4-6-12(9-11)14(15)8-3-2-7-13(10)14/h10-13,15H,2-9H2,1H3/t10-,11-,12+,13-,14+/m1/s1. The van der Waals surface area contributed by atoms with Gasteiger partial charge in [-0.15, -0.1) is 0 Å². The van der Waals surface area contributed by atoms with Crippen molar-refractivity contribution in [2.24, 2.45) is 23.7 Å². The first-order chi connectivity index (χ1) is 7.22. The van der Waals surface area contributed by atoms with E-state index in [1.54, 1.807) is 0 Å². The van der Waals surface area contributed by atoms with Crippen molar-refractivity contribution in [2.75, 3.05) is 0 Å². The summed E-state index contributed by atoms with van der Waals surface area (Å²) in [6.07, 6.45) is 10.4. The normalized spacial score (nSPS) is 54.8. The van der Waals surface area contributed by atoms with Crippen LogP contribution in [0.4, 0.5) is 0 Å². The number of aliphatic hydroxyl groups is 1. The van der Waals surface area contributed by atoms with Crippen molar-refractivity contribution < 1.29 is 5.11 Å². The quantitative estimate of drug-likeness (QED) is 0.647. The first kappa shape index (κ1) is 10.1. The topological polar surface area (TPSA) is 20.2 Å². The minimum atomic E-state index is -0.255. The number of fused-ring (bicyclic) bond motifs is 4. The Morgan fingerprint density at radius 3 is 2.80 bits per heavy atom. The smallest absolute Gasteiger partial charge is 0.0706 e. The first-order valence-corrected chi connectivity index (χ1v) is 6.94. The lowest BCUT2D eigenvalue weighted by Crippen LogP contribution is -2.56. The van der Waals surface area contributed by atoms with Crippen LogP contribution < -0.4 is 0 Å². The van der Waals surface area contributed by atoms with Gasteiger partial charge in [0.15, 0.2) is 0 Å². The molecule has 3 aliphatic carbocycles. The molecular formula is C14H24O. The van der Waals surface area contributed by atoms with E-state index in [0.29, 0.717) is 11.8 Å². The summed E-state index contributed by atoms with van der Waals surface area (Å²) in [6, 6.07) is 0. The SMILES string of the molecule is C[C@@H]1[C@@H]2CCC[C@@H](C2)[C@@]2(O)CCCC[C@H]12. The third-order valence-corrected chi connectivity index (χ3v) is 5.78. The van der Waals surface area contributed by atoms with Crippen LogP contribution in [0.25, 0.3) is 0 Å². The maximum absolute atomic E-state index is 11.0. The van der Waals surface area contributed by atoms with E-state index in [1.165, 1.54) is 44.9 Å². The summed E-state index contributed by atoms with van der Waals surface area (Å²) in [5.74, 6) is 3.01. The molecule has 15 heavy (non-hydrogen) atoms. The van der Waals surface area contributed by atoms with Gasteiger partial charge in [-0.05, 0) is 49.4 Å². The maximum Gasteiger partial charge on any atom is 0.0706 e. The highest BCUT2D eigenvalue weighted by atomic mass is 16.3. The van der Waals surface area contributed by atoms with Gasteiger partial charge in [0.2, 0.25) is 0 Å². The molecule has 0 heterocycles. The molecule has 0 spiro atoms. The highest BCUT2D eigenvalue weighted by Crippen LogP contribution is 2.56. The van der Waals surface area contributed by atoms with Crippen LogP contribution in [0.15, 0.2) is 0 Å². The number of hydrogen-bond donors (Lipinski definition) is 1. The van der Waals surface area contributed by atoms with Crippen molar-refractivity contribution >= 4 is 0 Å². The van der Waals surface area contributed by atoms with Gasteiger partial charge in [-0.1, -0.05) is 32.6 Å². The van der Waals surface area contributed by atoms with Crippen LogP contribution >= 0.6 is 0 Å². The minimum Gasteiger partial charge on any atom is -0.389 e. The van der Waals surface area contributed by atoms with E-state index in [2.05, 4.69) is 6.92 Å². The maximum atomic E-state index is 11.0. The predicted molar refractivity (Wildman–Crippen MR) is 61.5 cm³/mol. The highest BCUT2D eigenvalue weighted by Gasteiger charge is 2.53. The molecular weight excluding hydrogens is 184 g/mol. The molecule has 86 valence electrons. The van der Waals surface area contributed by atoms with Crippen molar-refractivity contribution in [2.45, 2.75) is 63.9 Å². The highest BCUT2D eigenvalue weighted by molar-refractivity contribution is 5.04. The van der Waals surface area contributed by atoms with Gasteiger partial charge < -0.3 is 5.11 Å². The zero-order valence-corrected chi connectivity index (χ0v) is 9.91. The van der Waals surface area contributed by atoms with Gasteiger partial charge in [0.25, 0.3) is 0 Å². The monoisotopic (exact) mass is 208 g/mol. The molecule has 3 aliphatic rings. The summed E-state index contributed by atoms with van der Waals surface area (Å²) >= 11 is 0. The average molecular weight is 208 g/mol. The summed E-state index contributed by atoms with van der Waals surface area (Å²) in [5.41, 5.74) is -0.255. The summed E-state index contributed by atoms with van der Waals surface area (Å²) in [7, 11) is 0. The predicted octanol–water partition coefficient (Wildman–Crippen LogP) is 3.36. The Bertz CT molecular complexity index is 250. The summed E-state index contributed by atoms with van der Waals surface area (Å²) < 4.78 is 0. The largest absolute Gasteiger partial charge is 0.389 e. The van der Waals surface area contributed by atoms with E-state index < -0.39 is 0 Å². The average Bonchev–Trinajstić information content (AvgIpc) is 2.28. The minimum absolute atomic E-state index is 0.255. The van der Waals surface area contributed by atoms with Crippen molar-refractivity contribution in [1.82, 2.24) is 0 Å². The molecule has 0 saturated heterocycles. The Balaban J connectivity index is 1.91. The van der Waals surface area contributed by atoms with Crippen LogP contribution in [-0.4, -0.2) is 10.7 Å². The lowest BCUT2D eigenvalue weighted by atomic mass is 9.52. The summed E-state index contributed by atoms with van der Waals surface area (Å²) in [5, 5.41) is 11.0. The molecule has 2 bridgehead atoms. The van der Waals surface area contributed by atoms with E-state index >= 15 is 0 Å².